The highest BCUT2D eigenvalue weighted by Gasteiger charge is 2.25. The molecule has 0 fully saturated rings. The summed E-state index contributed by atoms with van der Waals surface area (Å²) in [5.41, 5.74) is 2.89. The van der Waals surface area contributed by atoms with Gasteiger partial charge in [0.25, 0.3) is 11.8 Å². The molecule has 0 saturated carbocycles. The summed E-state index contributed by atoms with van der Waals surface area (Å²) in [5, 5.41) is 12.9. The molecule has 0 aliphatic carbocycles. The molecule has 24 heavy (non-hydrogen) atoms. The zero-order valence-corrected chi connectivity index (χ0v) is 13.9. The van der Waals surface area contributed by atoms with Crippen molar-refractivity contribution >= 4 is 35.0 Å². The predicted molar refractivity (Wildman–Crippen MR) is 85.5 cm³/mol. The van der Waals surface area contributed by atoms with Crippen LogP contribution in [0.5, 0.6) is 0 Å². The molecule has 2 aromatic rings. The molecule has 0 radical (unpaired) electrons. The van der Waals surface area contributed by atoms with Crippen molar-refractivity contribution in [2.75, 3.05) is 13.1 Å². The molecule has 0 bridgehead atoms. The van der Waals surface area contributed by atoms with E-state index in [0.29, 0.717) is 47.3 Å². The molecule has 0 unspecified atom stereocenters. The van der Waals surface area contributed by atoms with Crippen LogP contribution in [-0.4, -0.2) is 40.2 Å². The quantitative estimate of drug-likeness (QED) is 0.636. The van der Waals surface area contributed by atoms with E-state index < -0.39 is 5.91 Å². The number of amides is 2. The highest BCUT2D eigenvalue weighted by molar-refractivity contribution is 6.42. The van der Waals surface area contributed by atoms with Gasteiger partial charge in [-0.15, -0.1) is 0 Å². The fourth-order valence-corrected chi connectivity index (χ4v) is 2.92. The number of nitrogens with one attached hydrogen (secondary N) is 1. The first-order chi connectivity index (χ1) is 11.5. The number of hydroxylamine groups is 1. The Labute approximate surface area is 147 Å². The van der Waals surface area contributed by atoms with E-state index >= 15 is 0 Å². The van der Waals surface area contributed by atoms with Gasteiger partial charge in [0.15, 0.2) is 5.69 Å². The van der Waals surface area contributed by atoms with E-state index in [2.05, 4.69) is 5.16 Å². The first-order valence-electron chi connectivity index (χ1n) is 7.17. The molecule has 3 rings (SSSR count). The SMILES string of the molecule is O=C(NO)c1cc(CCN2CCc3cc(Cl)c(Cl)cc3C2=O)on1. The van der Waals surface area contributed by atoms with Crippen LogP contribution in [0.25, 0.3) is 0 Å². The molecule has 7 nitrogen and oxygen atoms in total. The van der Waals surface area contributed by atoms with Crippen molar-refractivity contribution in [1.29, 1.82) is 0 Å². The molecular weight excluding hydrogens is 357 g/mol. The number of rotatable bonds is 4. The van der Waals surface area contributed by atoms with Crippen molar-refractivity contribution in [3.05, 3.63) is 50.8 Å². The van der Waals surface area contributed by atoms with E-state index in [1.807, 2.05) is 0 Å². The van der Waals surface area contributed by atoms with Gasteiger partial charge in [-0.05, 0) is 24.1 Å². The Hall–Kier alpha value is -2.09. The van der Waals surface area contributed by atoms with Gasteiger partial charge < -0.3 is 9.42 Å². The molecule has 1 aliphatic heterocycles. The second-order valence-electron chi connectivity index (χ2n) is 5.34. The maximum atomic E-state index is 12.5. The molecule has 1 aromatic carbocycles. The van der Waals surface area contributed by atoms with Crippen molar-refractivity contribution in [1.82, 2.24) is 15.5 Å². The maximum absolute atomic E-state index is 12.5. The molecular formula is C15H13Cl2N3O4. The van der Waals surface area contributed by atoms with Gasteiger partial charge in [-0.3, -0.25) is 14.8 Å². The van der Waals surface area contributed by atoms with Gasteiger partial charge in [-0.1, -0.05) is 28.4 Å². The Balaban J connectivity index is 1.68. The molecule has 2 amide bonds. The fourth-order valence-electron chi connectivity index (χ4n) is 2.57. The molecule has 126 valence electrons. The topological polar surface area (TPSA) is 95.7 Å². The summed E-state index contributed by atoms with van der Waals surface area (Å²) in [5.74, 6) is -0.427. The molecule has 0 spiro atoms. The highest BCUT2D eigenvalue weighted by atomic mass is 35.5. The first-order valence-corrected chi connectivity index (χ1v) is 7.92. The number of benzene rings is 1. The van der Waals surface area contributed by atoms with Gasteiger partial charge in [-0.2, -0.15) is 0 Å². The number of hydrogen-bond donors (Lipinski definition) is 2. The van der Waals surface area contributed by atoms with E-state index in [1.165, 1.54) is 11.5 Å². The summed E-state index contributed by atoms with van der Waals surface area (Å²) in [6.07, 6.45) is 1.08. The number of carbonyl (C=O) groups is 2. The van der Waals surface area contributed by atoms with Gasteiger partial charge in [-0.25, -0.2) is 5.48 Å². The van der Waals surface area contributed by atoms with E-state index in [9.17, 15) is 9.59 Å². The molecule has 1 aromatic heterocycles. The van der Waals surface area contributed by atoms with Gasteiger partial charge in [0.1, 0.15) is 5.76 Å². The summed E-state index contributed by atoms with van der Waals surface area (Å²) >= 11 is 12.0. The van der Waals surface area contributed by atoms with E-state index in [0.717, 1.165) is 5.56 Å². The minimum atomic E-state index is -0.750. The van der Waals surface area contributed by atoms with Crippen LogP contribution >= 0.6 is 23.2 Å². The van der Waals surface area contributed by atoms with E-state index in [4.69, 9.17) is 32.9 Å². The van der Waals surface area contributed by atoms with Crippen LogP contribution in [0.4, 0.5) is 0 Å². The monoisotopic (exact) mass is 369 g/mol. The standard InChI is InChI=1S/C15H13Cl2N3O4/c16-11-5-8-1-3-20(15(22)10(8)7-12(11)17)4-2-9-6-13(19-24-9)14(21)18-23/h5-7,23H,1-4H2,(H,18,21). The Bertz CT molecular complexity index is 806. The van der Waals surface area contributed by atoms with Gasteiger partial charge in [0, 0.05) is 31.1 Å². The van der Waals surface area contributed by atoms with Gasteiger partial charge in [0.05, 0.1) is 10.0 Å². The van der Waals surface area contributed by atoms with Crippen LogP contribution in [0.3, 0.4) is 0 Å². The molecule has 0 saturated heterocycles. The van der Waals surface area contributed by atoms with Crippen molar-refractivity contribution in [3.63, 3.8) is 0 Å². The zero-order chi connectivity index (χ0) is 17.3. The fraction of sp³-hybridized carbons (Fsp3) is 0.267. The lowest BCUT2D eigenvalue weighted by Crippen LogP contribution is -2.38. The van der Waals surface area contributed by atoms with Crippen LogP contribution < -0.4 is 5.48 Å². The molecule has 1 aliphatic rings. The van der Waals surface area contributed by atoms with Crippen LogP contribution in [0.15, 0.2) is 22.7 Å². The first kappa shape index (κ1) is 16.8. The van der Waals surface area contributed by atoms with Crippen LogP contribution in [-0.2, 0) is 12.8 Å². The maximum Gasteiger partial charge on any atom is 0.296 e. The normalized spacial score (nSPS) is 13.8. The average Bonchev–Trinajstić information content (AvgIpc) is 3.04. The van der Waals surface area contributed by atoms with Crippen molar-refractivity contribution in [2.24, 2.45) is 0 Å². The number of fused-ring (bicyclic) bond motifs is 1. The van der Waals surface area contributed by atoms with Crippen LogP contribution in [0.1, 0.15) is 32.2 Å². The molecule has 0 atom stereocenters. The number of nitrogens with zero attached hydrogens (tertiary/aromatic N) is 2. The predicted octanol–water partition coefficient (Wildman–Crippen LogP) is 2.34. The van der Waals surface area contributed by atoms with E-state index in [1.54, 1.807) is 17.0 Å². The van der Waals surface area contributed by atoms with Crippen molar-refractivity contribution in [3.8, 4) is 0 Å². The van der Waals surface area contributed by atoms with Gasteiger partial charge in [0.2, 0.25) is 0 Å². The van der Waals surface area contributed by atoms with Crippen LogP contribution in [0.2, 0.25) is 10.0 Å². The molecule has 9 heteroatoms. The highest BCUT2D eigenvalue weighted by Crippen LogP contribution is 2.29. The Morgan fingerprint density at radius 2 is 2.08 bits per heavy atom. The number of aromatic nitrogens is 1. The molecule has 2 N–H and O–H groups in total. The Kier molecular flexibility index (Phi) is 4.75. The Morgan fingerprint density at radius 3 is 2.83 bits per heavy atom. The third kappa shape index (κ3) is 3.24. The minimum absolute atomic E-state index is 0.0239. The smallest absolute Gasteiger partial charge is 0.296 e. The summed E-state index contributed by atoms with van der Waals surface area (Å²) in [7, 11) is 0. The van der Waals surface area contributed by atoms with E-state index in [-0.39, 0.29) is 11.6 Å². The number of halogens is 2. The lowest BCUT2D eigenvalue weighted by atomic mass is 9.99. The zero-order valence-electron chi connectivity index (χ0n) is 12.4. The van der Waals surface area contributed by atoms with Crippen molar-refractivity contribution in [2.45, 2.75) is 12.8 Å². The number of hydrogen-bond acceptors (Lipinski definition) is 5. The second-order valence-corrected chi connectivity index (χ2v) is 6.15. The average molecular weight is 370 g/mol. The third-order valence-electron chi connectivity index (χ3n) is 3.84. The van der Waals surface area contributed by atoms with Gasteiger partial charge >= 0.3 is 0 Å². The third-order valence-corrected chi connectivity index (χ3v) is 4.56. The van der Waals surface area contributed by atoms with Crippen LogP contribution in [0, 0.1) is 0 Å². The molecule has 2 heterocycles. The number of carbonyl (C=O) groups excluding carboxylic acids is 2. The summed E-state index contributed by atoms with van der Waals surface area (Å²) in [4.78, 5) is 25.4. The lowest BCUT2D eigenvalue weighted by Gasteiger charge is -2.28. The summed E-state index contributed by atoms with van der Waals surface area (Å²) in [6, 6.07) is 4.74. The second kappa shape index (κ2) is 6.80. The summed E-state index contributed by atoms with van der Waals surface area (Å²) < 4.78 is 5.02. The Morgan fingerprint density at radius 1 is 1.33 bits per heavy atom. The lowest BCUT2D eigenvalue weighted by molar-refractivity contribution is 0.0696. The largest absolute Gasteiger partial charge is 0.361 e. The van der Waals surface area contributed by atoms with Crippen molar-refractivity contribution < 1.29 is 19.3 Å². The minimum Gasteiger partial charge on any atom is -0.361 e. The summed E-state index contributed by atoms with van der Waals surface area (Å²) in [6.45, 7) is 0.968.